The second-order valence-electron chi connectivity index (χ2n) is 4.30. The van der Waals surface area contributed by atoms with E-state index in [4.69, 9.17) is 15.6 Å². The molecule has 0 saturated heterocycles. The summed E-state index contributed by atoms with van der Waals surface area (Å²) in [5.74, 6) is -2.30. The highest BCUT2D eigenvalue weighted by Crippen LogP contribution is 2.26. The Morgan fingerprint density at radius 2 is 2.05 bits per heavy atom. The van der Waals surface area contributed by atoms with Crippen LogP contribution >= 0.6 is 11.8 Å². The van der Waals surface area contributed by atoms with E-state index in [0.29, 0.717) is 0 Å². The molecule has 0 unspecified atom stereocenters. The first kappa shape index (κ1) is 16.5. The molecule has 1 heterocycles. The molecule has 0 aliphatic carbocycles. The van der Waals surface area contributed by atoms with E-state index >= 15 is 0 Å². The first-order valence-electron chi connectivity index (χ1n) is 6.02. The second kappa shape index (κ2) is 6.46. The molecule has 0 radical (unpaired) electrons. The van der Waals surface area contributed by atoms with E-state index in [1.807, 2.05) is 0 Å². The molecule has 8 nitrogen and oxygen atoms in total. The number of fused-ring (bicyclic) bond motifs is 1. The lowest BCUT2D eigenvalue weighted by atomic mass is 10.2. The lowest BCUT2D eigenvalue weighted by molar-refractivity contribution is -0.138. The van der Waals surface area contributed by atoms with Crippen LogP contribution in [0.1, 0.15) is 5.56 Å². The monoisotopic (exact) mass is 344 g/mol. The molecule has 1 aliphatic heterocycles. The van der Waals surface area contributed by atoms with E-state index in [1.165, 1.54) is 12.1 Å². The zero-order valence-corrected chi connectivity index (χ0v) is 12.8. The van der Waals surface area contributed by atoms with Crippen molar-refractivity contribution >= 4 is 39.6 Å². The van der Waals surface area contributed by atoms with Gasteiger partial charge in [-0.15, -0.1) is 16.2 Å². The molecular weight excluding hydrogens is 332 g/mol. The maximum absolute atomic E-state index is 11.8. The standard InChI is InChI=1S/C12H12N2O6S2/c13-8(12(16)17)5-21-6-10(15)20-11-7-3-1-2-4-9(7)22(18,19)14-11/h1-4,8H,5-6,13H2,(H,16,17)/t8-/m0/s1. The number of esters is 1. The SMILES string of the molecule is N[C@@H](CSCC(=O)OC1=NS(=O)(=O)c2ccccc21)C(=O)O. The van der Waals surface area contributed by atoms with Crippen molar-refractivity contribution in [2.24, 2.45) is 10.1 Å². The topological polar surface area (TPSA) is 136 Å². The van der Waals surface area contributed by atoms with Crippen LogP contribution < -0.4 is 5.73 Å². The Balaban J connectivity index is 1.97. The number of thioether (sulfide) groups is 1. The summed E-state index contributed by atoms with van der Waals surface area (Å²) in [6, 6.07) is 4.92. The van der Waals surface area contributed by atoms with Crippen molar-refractivity contribution in [1.29, 1.82) is 0 Å². The molecule has 1 aliphatic rings. The fraction of sp³-hybridized carbons (Fsp3) is 0.250. The Morgan fingerprint density at radius 3 is 2.73 bits per heavy atom. The van der Waals surface area contributed by atoms with Gasteiger partial charge < -0.3 is 15.6 Å². The number of carboxylic acids is 1. The number of carbonyl (C=O) groups is 2. The zero-order chi connectivity index (χ0) is 16.3. The first-order chi connectivity index (χ1) is 10.3. The molecule has 3 N–H and O–H groups in total. The number of sulfonamides is 1. The first-order valence-corrected chi connectivity index (χ1v) is 8.62. The van der Waals surface area contributed by atoms with Crippen molar-refractivity contribution in [2.45, 2.75) is 10.9 Å². The largest absolute Gasteiger partial charge is 0.480 e. The summed E-state index contributed by atoms with van der Waals surface area (Å²) in [7, 11) is -3.84. The predicted molar refractivity (Wildman–Crippen MR) is 79.2 cm³/mol. The van der Waals surface area contributed by atoms with Crippen LogP contribution in [0.15, 0.2) is 33.6 Å². The molecule has 0 saturated carbocycles. The highest BCUT2D eigenvalue weighted by molar-refractivity contribution is 8.00. The van der Waals surface area contributed by atoms with Gasteiger partial charge in [0.15, 0.2) is 0 Å². The van der Waals surface area contributed by atoms with Crippen LogP contribution in [0.5, 0.6) is 0 Å². The number of hydrogen-bond donors (Lipinski definition) is 2. The van der Waals surface area contributed by atoms with Gasteiger partial charge >= 0.3 is 11.9 Å². The summed E-state index contributed by atoms with van der Waals surface area (Å²) < 4.78 is 31.9. The Labute approximate surface area is 130 Å². The molecule has 22 heavy (non-hydrogen) atoms. The number of rotatable bonds is 5. The minimum atomic E-state index is -3.84. The Morgan fingerprint density at radius 1 is 1.36 bits per heavy atom. The maximum atomic E-state index is 11.8. The summed E-state index contributed by atoms with van der Waals surface area (Å²) in [4.78, 5) is 22.2. The Bertz CT molecular complexity index is 744. The lowest BCUT2D eigenvalue weighted by Crippen LogP contribution is -2.32. The third kappa shape index (κ3) is 3.64. The number of carboxylic acid groups (broad SMARTS) is 1. The van der Waals surface area contributed by atoms with Crippen molar-refractivity contribution in [3.63, 3.8) is 0 Å². The van der Waals surface area contributed by atoms with Crippen LogP contribution in [0.4, 0.5) is 0 Å². The van der Waals surface area contributed by atoms with Gasteiger partial charge in [-0.25, -0.2) is 0 Å². The molecule has 1 atom stereocenters. The van der Waals surface area contributed by atoms with Crippen molar-refractivity contribution in [1.82, 2.24) is 0 Å². The number of aliphatic carboxylic acids is 1. The van der Waals surface area contributed by atoms with E-state index in [-0.39, 0.29) is 27.9 Å². The minimum Gasteiger partial charge on any atom is -0.480 e. The molecular formula is C12H12N2O6S2. The number of hydrogen-bond acceptors (Lipinski definition) is 7. The molecule has 0 bridgehead atoms. The molecule has 1 aromatic carbocycles. The third-order valence-electron chi connectivity index (χ3n) is 2.64. The van der Waals surface area contributed by atoms with Crippen LogP contribution in [0.2, 0.25) is 0 Å². The average Bonchev–Trinajstić information content (AvgIpc) is 2.70. The van der Waals surface area contributed by atoms with Crippen LogP contribution in [0.3, 0.4) is 0 Å². The number of benzene rings is 1. The van der Waals surface area contributed by atoms with Gasteiger partial charge in [-0.2, -0.15) is 8.42 Å². The van der Waals surface area contributed by atoms with Crippen molar-refractivity contribution in [2.75, 3.05) is 11.5 Å². The summed E-state index contributed by atoms with van der Waals surface area (Å²) in [5, 5.41) is 8.60. The minimum absolute atomic E-state index is 0.0154. The van der Waals surface area contributed by atoms with E-state index in [2.05, 4.69) is 4.40 Å². The molecule has 10 heteroatoms. The summed E-state index contributed by atoms with van der Waals surface area (Å²) in [6.07, 6.45) is 0. The van der Waals surface area contributed by atoms with Gasteiger partial charge in [-0.05, 0) is 12.1 Å². The molecule has 0 spiro atoms. The van der Waals surface area contributed by atoms with Crippen LogP contribution in [0, 0.1) is 0 Å². The molecule has 0 amide bonds. The maximum Gasteiger partial charge on any atom is 0.322 e. The molecule has 0 fully saturated rings. The fourth-order valence-electron chi connectivity index (χ4n) is 1.63. The number of nitrogens with two attached hydrogens (primary N) is 1. The molecule has 1 aromatic rings. The van der Waals surface area contributed by atoms with Crippen molar-refractivity contribution in [3.8, 4) is 0 Å². The molecule has 0 aromatic heterocycles. The van der Waals surface area contributed by atoms with Crippen molar-refractivity contribution < 1.29 is 27.9 Å². The predicted octanol–water partition coefficient (Wildman–Crippen LogP) is -0.176. The normalized spacial score (nSPS) is 16.5. The quantitative estimate of drug-likeness (QED) is 0.702. The van der Waals surface area contributed by atoms with E-state index in [9.17, 15) is 18.0 Å². The third-order valence-corrected chi connectivity index (χ3v) is 5.00. The lowest BCUT2D eigenvalue weighted by Gasteiger charge is -2.06. The van der Waals surface area contributed by atoms with Crippen LogP contribution in [-0.4, -0.2) is 48.9 Å². The number of nitrogens with zero attached hydrogens (tertiary/aromatic N) is 1. The Kier molecular flexibility index (Phi) is 4.84. The van der Waals surface area contributed by atoms with Crippen LogP contribution in [-0.2, 0) is 24.3 Å². The van der Waals surface area contributed by atoms with Crippen molar-refractivity contribution in [3.05, 3.63) is 29.8 Å². The average molecular weight is 344 g/mol. The van der Waals surface area contributed by atoms with Crippen LogP contribution in [0.25, 0.3) is 0 Å². The van der Waals surface area contributed by atoms with Gasteiger partial charge in [0, 0.05) is 5.75 Å². The number of carbonyl (C=O) groups excluding carboxylic acids is 1. The smallest absolute Gasteiger partial charge is 0.322 e. The zero-order valence-electron chi connectivity index (χ0n) is 11.1. The van der Waals surface area contributed by atoms with Gasteiger partial charge in [-0.1, -0.05) is 12.1 Å². The van der Waals surface area contributed by atoms with E-state index < -0.39 is 28.0 Å². The van der Waals surface area contributed by atoms with Gasteiger partial charge in [0.1, 0.15) is 10.9 Å². The van der Waals surface area contributed by atoms with E-state index in [0.717, 1.165) is 11.8 Å². The summed E-state index contributed by atoms with van der Waals surface area (Å²) in [5.41, 5.74) is 5.51. The number of ether oxygens (including phenoxy) is 1. The highest BCUT2D eigenvalue weighted by atomic mass is 32.2. The van der Waals surface area contributed by atoms with Gasteiger partial charge in [0.2, 0.25) is 5.90 Å². The van der Waals surface area contributed by atoms with Gasteiger partial charge in [0.05, 0.1) is 11.3 Å². The summed E-state index contributed by atoms with van der Waals surface area (Å²) >= 11 is 0.978. The van der Waals surface area contributed by atoms with Gasteiger partial charge in [0.25, 0.3) is 10.0 Å². The highest BCUT2D eigenvalue weighted by Gasteiger charge is 2.31. The van der Waals surface area contributed by atoms with E-state index in [1.54, 1.807) is 12.1 Å². The van der Waals surface area contributed by atoms with Gasteiger partial charge in [-0.3, -0.25) is 9.59 Å². The second-order valence-corrected chi connectivity index (χ2v) is 6.90. The summed E-state index contributed by atoms with van der Waals surface area (Å²) in [6.45, 7) is 0. The molecule has 2 rings (SSSR count). The Hall–Kier alpha value is -1.91. The fourth-order valence-corrected chi connectivity index (χ4v) is 3.50. The molecule has 118 valence electrons.